The second-order valence-electron chi connectivity index (χ2n) is 5.06. The molecule has 0 atom stereocenters. The number of anilines is 1. The predicted molar refractivity (Wildman–Crippen MR) is 96.5 cm³/mol. The fourth-order valence-corrected chi connectivity index (χ4v) is 3.02. The van der Waals surface area contributed by atoms with Gasteiger partial charge in [-0.1, -0.05) is 30.3 Å². The van der Waals surface area contributed by atoms with Crippen LogP contribution in [0.3, 0.4) is 0 Å². The van der Waals surface area contributed by atoms with Crippen LogP contribution in [0, 0.1) is 0 Å². The summed E-state index contributed by atoms with van der Waals surface area (Å²) in [6.07, 6.45) is 1.61. The van der Waals surface area contributed by atoms with Crippen molar-refractivity contribution in [1.82, 2.24) is 9.69 Å². The minimum atomic E-state index is -0.295. The van der Waals surface area contributed by atoms with Crippen molar-refractivity contribution in [2.75, 3.05) is 11.9 Å². The maximum atomic E-state index is 12.5. The minimum Gasteiger partial charge on any atom is -0.349 e. The number of rotatable bonds is 5. The molecule has 2 amide bonds. The van der Waals surface area contributed by atoms with Crippen LogP contribution in [0.4, 0.5) is 5.69 Å². The molecule has 0 spiro atoms. The van der Waals surface area contributed by atoms with Crippen LogP contribution in [-0.2, 0) is 0 Å². The summed E-state index contributed by atoms with van der Waals surface area (Å²) in [7, 11) is 0. The smallest absolute Gasteiger partial charge is 0.276 e. The third-order valence-electron chi connectivity index (χ3n) is 3.38. The molecule has 6 heteroatoms. The maximum Gasteiger partial charge on any atom is 0.276 e. The molecule has 5 nitrogen and oxygen atoms in total. The first kappa shape index (κ1) is 15.9. The van der Waals surface area contributed by atoms with Gasteiger partial charge in [-0.2, -0.15) is 4.37 Å². The van der Waals surface area contributed by atoms with Crippen LogP contribution in [0.5, 0.6) is 0 Å². The standard InChI is InChI=1S/C18H15N3O2S/c1-2-10-19-17(22)12-6-5-7-13(11-12)20-18(23)16-14-8-3-4-9-15(14)24-21-16/h2-9,11H,1,10H2,(H,19,22)(H,20,23). The van der Waals surface area contributed by atoms with E-state index in [9.17, 15) is 9.59 Å². The molecule has 0 unspecified atom stereocenters. The molecular weight excluding hydrogens is 322 g/mol. The highest BCUT2D eigenvalue weighted by atomic mass is 32.1. The third-order valence-corrected chi connectivity index (χ3v) is 4.21. The van der Waals surface area contributed by atoms with Gasteiger partial charge in [-0.3, -0.25) is 9.59 Å². The molecule has 120 valence electrons. The van der Waals surface area contributed by atoms with Crippen LogP contribution < -0.4 is 10.6 Å². The van der Waals surface area contributed by atoms with Gasteiger partial charge >= 0.3 is 0 Å². The highest BCUT2D eigenvalue weighted by Crippen LogP contribution is 2.23. The van der Waals surface area contributed by atoms with E-state index < -0.39 is 0 Å². The Bertz CT molecular complexity index is 917. The highest BCUT2D eigenvalue weighted by Gasteiger charge is 2.14. The van der Waals surface area contributed by atoms with E-state index in [-0.39, 0.29) is 11.8 Å². The van der Waals surface area contributed by atoms with Gasteiger partial charge in [-0.15, -0.1) is 6.58 Å². The summed E-state index contributed by atoms with van der Waals surface area (Å²) in [5.74, 6) is -0.513. The molecular formula is C18H15N3O2S. The third kappa shape index (κ3) is 3.33. The number of amides is 2. The predicted octanol–water partition coefficient (Wildman–Crippen LogP) is 3.46. The van der Waals surface area contributed by atoms with Crippen molar-refractivity contribution in [3.63, 3.8) is 0 Å². The summed E-state index contributed by atoms with van der Waals surface area (Å²) in [6, 6.07) is 14.3. The van der Waals surface area contributed by atoms with Gasteiger partial charge in [0, 0.05) is 23.2 Å². The molecule has 0 saturated carbocycles. The Morgan fingerprint density at radius 3 is 2.79 bits per heavy atom. The van der Waals surface area contributed by atoms with Gasteiger partial charge in [0.1, 0.15) is 5.69 Å². The summed E-state index contributed by atoms with van der Waals surface area (Å²) in [5, 5.41) is 6.31. The number of nitrogens with zero attached hydrogens (tertiary/aromatic N) is 1. The molecule has 0 bridgehead atoms. The van der Waals surface area contributed by atoms with Crippen molar-refractivity contribution >= 4 is 39.1 Å². The Hall–Kier alpha value is -2.99. The summed E-state index contributed by atoms with van der Waals surface area (Å²) in [6.45, 7) is 3.95. The van der Waals surface area contributed by atoms with Gasteiger partial charge in [-0.05, 0) is 35.8 Å². The number of carbonyl (C=O) groups excluding carboxylic acids is 2. The number of hydrogen-bond donors (Lipinski definition) is 2. The van der Waals surface area contributed by atoms with Gasteiger partial charge in [0.05, 0.1) is 4.70 Å². The molecule has 0 aliphatic rings. The van der Waals surface area contributed by atoms with Crippen molar-refractivity contribution in [2.24, 2.45) is 0 Å². The molecule has 0 fully saturated rings. The SMILES string of the molecule is C=CCNC(=O)c1cccc(NC(=O)c2nsc3ccccc23)c1. The Labute approximate surface area is 143 Å². The lowest BCUT2D eigenvalue weighted by atomic mass is 10.1. The van der Waals surface area contributed by atoms with Gasteiger partial charge in [0.2, 0.25) is 0 Å². The number of nitrogens with one attached hydrogen (secondary N) is 2. The zero-order chi connectivity index (χ0) is 16.9. The van der Waals surface area contributed by atoms with Crippen molar-refractivity contribution in [3.05, 3.63) is 72.4 Å². The fourth-order valence-electron chi connectivity index (χ4n) is 2.25. The van der Waals surface area contributed by atoms with E-state index in [4.69, 9.17) is 0 Å². The molecule has 1 heterocycles. The Morgan fingerprint density at radius 1 is 1.12 bits per heavy atom. The average Bonchev–Trinajstić information content (AvgIpc) is 3.04. The molecule has 0 aliphatic carbocycles. The molecule has 0 aliphatic heterocycles. The largest absolute Gasteiger partial charge is 0.349 e. The summed E-state index contributed by atoms with van der Waals surface area (Å²) < 4.78 is 5.19. The van der Waals surface area contributed by atoms with Crippen molar-refractivity contribution in [1.29, 1.82) is 0 Å². The molecule has 0 saturated heterocycles. The first-order valence-electron chi connectivity index (χ1n) is 7.34. The average molecular weight is 337 g/mol. The second-order valence-corrected chi connectivity index (χ2v) is 5.87. The lowest BCUT2D eigenvalue weighted by Gasteiger charge is -2.07. The first-order valence-corrected chi connectivity index (χ1v) is 8.11. The summed E-state index contributed by atoms with van der Waals surface area (Å²) in [4.78, 5) is 24.4. The Morgan fingerprint density at radius 2 is 1.96 bits per heavy atom. The van der Waals surface area contributed by atoms with Crippen LogP contribution in [-0.4, -0.2) is 22.7 Å². The van der Waals surface area contributed by atoms with Gasteiger partial charge in [-0.25, -0.2) is 0 Å². The lowest BCUT2D eigenvalue weighted by molar-refractivity contribution is 0.0956. The van der Waals surface area contributed by atoms with E-state index in [1.807, 2.05) is 24.3 Å². The van der Waals surface area contributed by atoms with Crippen LogP contribution in [0.25, 0.3) is 10.1 Å². The van der Waals surface area contributed by atoms with Crippen molar-refractivity contribution in [2.45, 2.75) is 0 Å². The topological polar surface area (TPSA) is 71.1 Å². The van der Waals surface area contributed by atoms with E-state index in [1.165, 1.54) is 11.5 Å². The Kier molecular flexibility index (Phi) is 4.67. The number of aromatic nitrogens is 1. The maximum absolute atomic E-state index is 12.5. The molecule has 2 N–H and O–H groups in total. The van der Waals surface area contributed by atoms with Gasteiger partial charge < -0.3 is 10.6 Å². The number of carbonyl (C=O) groups is 2. The highest BCUT2D eigenvalue weighted by molar-refractivity contribution is 7.13. The Balaban J connectivity index is 1.79. The van der Waals surface area contributed by atoms with E-state index in [0.717, 1.165) is 10.1 Å². The minimum absolute atomic E-state index is 0.217. The first-order chi connectivity index (χ1) is 11.7. The second kappa shape index (κ2) is 7.06. The number of hydrogen-bond acceptors (Lipinski definition) is 4. The fraction of sp³-hybridized carbons (Fsp3) is 0.0556. The van der Waals surface area contributed by atoms with E-state index >= 15 is 0 Å². The molecule has 3 aromatic rings. The molecule has 1 aromatic heterocycles. The zero-order valence-electron chi connectivity index (χ0n) is 12.8. The number of benzene rings is 2. The van der Waals surface area contributed by atoms with Crippen molar-refractivity contribution in [3.8, 4) is 0 Å². The molecule has 24 heavy (non-hydrogen) atoms. The van der Waals surface area contributed by atoms with Gasteiger partial charge in [0.25, 0.3) is 11.8 Å². The van der Waals surface area contributed by atoms with E-state index in [0.29, 0.717) is 23.5 Å². The summed E-state index contributed by atoms with van der Waals surface area (Å²) >= 11 is 1.29. The zero-order valence-corrected chi connectivity index (χ0v) is 13.6. The van der Waals surface area contributed by atoms with Crippen LogP contribution >= 0.6 is 11.5 Å². The monoisotopic (exact) mass is 337 g/mol. The normalized spacial score (nSPS) is 10.3. The molecule has 2 aromatic carbocycles. The van der Waals surface area contributed by atoms with Crippen LogP contribution in [0.15, 0.2) is 61.2 Å². The molecule has 0 radical (unpaired) electrons. The number of fused-ring (bicyclic) bond motifs is 1. The molecule has 3 rings (SSSR count). The van der Waals surface area contributed by atoms with Crippen LogP contribution in [0.2, 0.25) is 0 Å². The van der Waals surface area contributed by atoms with E-state index in [1.54, 1.807) is 30.3 Å². The van der Waals surface area contributed by atoms with Crippen LogP contribution in [0.1, 0.15) is 20.8 Å². The quantitative estimate of drug-likeness (QED) is 0.700. The lowest BCUT2D eigenvalue weighted by Crippen LogP contribution is -2.23. The van der Waals surface area contributed by atoms with Gasteiger partial charge in [0.15, 0.2) is 0 Å². The van der Waals surface area contributed by atoms with E-state index in [2.05, 4.69) is 21.6 Å². The van der Waals surface area contributed by atoms with Crippen molar-refractivity contribution < 1.29 is 9.59 Å². The summed E-state index contributed by atoms with van der Waals surface area (Å²) in [5.41, 5.74) is 1.40.